The fourth-order valence-electron chi connectivity index (χ4n) is 5.16. The number of pyridine rings is 3. The molecular formula is C31H30FN7O. The first-order valence-corrected chi connectivity index (χ1v) is 13.5. The molecule has 0 radical (unpaired) electrons. The van der Waals surface area contributed by atoms with E-state index in [1.807, 2.05) is 30.3 Å². The molecule has 8 nitrogen and oxygen atoms in total. The lowest BCUT2D eigenvalue weighted by atomic mass is 9.85. The van der Waals surface area contributed by atoms with Crippen molar-refractivity contribution in [2.75, 3.05) is 24.5 Å². The molecule has 0 unspecified atom stereocenters. The lowest BCUT2D eigenvalue weighted by molar-refractivity contribution is 0.0950. The number of carbonyl (C=O) groups excluding carboxylic acids is 1. The van der Waals surface area contributed by atoms with Crippen LogP contribution < -0.4 is 15.5 Å². The van der Waals surface area contributed by atoms with Crippen LogP contribution in [0.3, 0.4) is 0 Å². The normalized spacial score (nSPS) is 16.1. The lowest BCUT2D eigenvalue weighted by Gasteiger charge is -2.35. The Morgan fingerprint density at radius 1 is 1.15 bits per heavy atom. The summed E-state index contributed by atoms with van der Waals surface area (Å²) in [5.41, 5.74) is 2.65. The van der Waals surface area contributed by atoms with E-state index in [9.17, 15) is 14.4 Å². The van der Waals surface area contributed by atoms with Gasteiger partial charge < -0.3 is 15.5 Å². The van der Waals surface area contributed by atoms with Crippen LogP contribution in [-0.4, -0.2) is 46.0 Å². The molecule has 0 bridgehead atoms. The third kappa shape index (κ3) is 5.10. The number of hydrogen-bond acceptors (Lipinski definition) is 7. The first kappa shape index (κ1) is 25.8. The van der Waals surface area contributed by atoms with Crippen molar-refractivity contribution in [1.82, 2.24) is 25.6 Å². The van der Waals surface area contributed by atoms with E-state index in [1.54, 1.807) is 20.0 Å². The van der Waals surface area contributed by atoms with Gasteiger partial charge in [-0.15, -0.1) is 0 Å². The van der Waals surface area contributed by atoms with Crippen LogP contribution in [0.5, 0.6) is 0 Å². The van der Waals surface area contributed by atoms with E-state index in [0.717, 1.165) is 47.7 Å². The van der Waals surface area contributed by atoms with E-state index in [2.05, 4.69) is 32.7 Å². The van der Waals surface area contributed by atoms with Gasteiger partial charge in [-0.2, -0.15) is 5.26 Å². The van der Waals surface area contributed by atoms with Gasteiger partial charge in [-0.1, -0.05) is 6.07 Å². The van der Waals surface area contributed by atoms with E-state index in [0.29, 0.717) is 5.69 Å². The minimum atomic E-state index is -1.05. The molecule has 3 aromatic heterocycles. The molecule has 1 amide bonds. The van der Waals surface area contributed by atoms with Gasteiger partial charge in [0.1, 0.15) is 11.6 Å². The maximum atomic E-state index is 14.3. The first-order valence-electron chi connectivity index (χ1n) is 13.5. The number of anilines is 1. The van der Waals surface area contributed by atoms with Crippen LogP contribution in [0.4, 0.5) is 10.2 Å². The van der Waals surface area contributed by atoms with Gasteiger partial charge in [0.25, 0.3) is 5.91 Å². The van der Waals surface area contributed by atoms with Gasteiger partial charge in [-0.05, 0) is 75.2 Å². The molecular weight excluding hydrogens is 505 g/mol. The van der Waals surface area contributed by atoms with E-state index >= 15 is 0 Å². The number of nitrogens with one attached hydrogen (secondary N) is 2. The van der Waals surface area contributed by atoms with Gasteiger partial charge in [0.05, 0.1) is 40.6 Å². The molecule has 2 fully saturated rings. The van der Waals surface area contributed by atoms with Crippen molar-refractivity contribution < 1.29 is 9.18 Å². The second kappa shape index (κ2) is 9.96. The molecule has 9 heteroatoms. The van der Waals surface area contributed by atoms with Gasteiger partial charge in [-0.25, -0.2) is 14.4 Å². The Balaban J connectivity index is 1.19. The zero-order chi connectivity index (χ0) is 27.9. The number of amides is 1. The molecule has 40 heavy (non-hydrogen) atoms. The van der Waals surface area contributed by atoms with Crippen molar-refractivity contribution in [1.29, 1.82) is 5.26 Å². The minimum absolute atomic E-state index is 0.174. The highest BCUT2D eigenvalue weighted by atomic mass is 19.1. The number of halogens is 1. The number of nitriles is 1. The van der Waals surface area contributed by atoms with Gasteiger partial charge in [-0.3, -0.25) is 9.78 Å². The summed E-state index contributed by atoms with van der Waals surface area (Å²) in [5.74, 6) is 0.0777. The Labute approximate surface area is 232 Å². The number of fused-ring (bicyclic) bond motifs is 1. The summed E-state index contributed by atoms with van der Waals surface area (Å²) < 4.78 is 14.3. The summed E-state index contributed by atoms with van der Waals surface area (Å²) in [6, 6.07) is 18.0. The van der Waals surface area contributed by atoms with Crippen LogP contribution in [-0.2, 0) is 12.0 Å². The zero-order valence-corrected chi connectivity index (χ0v) is 22.5. The van der Waals surface area contributed by atoms with E-state index in [-0.39, 0.29) is 29.1 Å². The molecule has 1 aliphatic heterocycles. The van der Waals surface area contributed by atoms with Crippen LogP contribution >= 0.6 is 0 Å². The highest BCUT2D eigenvalue weighted by Crippen LogP contribution is 2.38. The summed E-state index contributed by atoms with van der Waals surface area (Å²) in [4.78, 5) is 29.4. The average Bonchev–Trinajstić information content (AvgIpc) is 3.73. The smallest absolute Gasteiger partial charge is 0.251 e. The van der Waals surface area contributed by atoms with Crippen molar-refractivity contribution in [3.8, 4) is 17.5 Å². The SMILES string of the molecule is CC(C)(C#N)c1cc(C(=O)NCc2cc3nc(-c4cccc(N5CCNC6(CC6)C5)n4)ccc3cn2)ccc1F. The molecule has 1 spiro atoms. The summed E-state index contributed by atoms with van der Waals surface area (Å²) in [5, 5.41) is 16.8. The molecule has 1 aromatic carbocycles. The maximum Gasteiger partial charge on any atom is 0.251 e. The highest BCUT2D eigenvalue weighted by molar-refractivity contribution is 5.94. The van der Waals surface area contributed by atoms with Crippen molar-refractivity contribution >= 4 is 22.6 Å². The number of hydrogen-bond donors (Lipinski definition) is 2. The highest BCUT2D eigenvalue weighted by Gasteiger charge is 2.45. The van der Waals surface area contributed by atoms with E-state index in [1.165, 1.54) is 31.0 Å². The van der Waals surface area contributed by atoms with Crippen molar-refractivity contribution in [3.05, 3.63) is 83.4 Å². The Morgan fingerprint density at radius 2 is 1.98 bits per heavy atom. The van der Waals surface area contributed by atoms with Gasteiger partial charge in [0.15, 0.2) is 0 Å². The molecule has 6 rings (SSSR count). The third-order valence-corrected chi connectivity index (χ3v) is 7.79. The van der Waals surface area contributed by atoms with Gasteiger partial charge in [0, 0.05) is 47.9 Å². The number of nitrogens with zero attached hydrogens (tertiary/aromatic N) is 5. The number of rotatable bonds is 6. The fraction of sp³-hybridized carbons (Fsp3) is 0.323. The largest absolute Gasteiger partial charge is 0.353 e. The van der Waals surface area contributed by atoms with Gasteiger partial charge >= 0.3 is 0 Å². The molecule has 4 heterocycles. The third-order valence-electron chi connectivity index (χ3n) is 7.79. The maximum absolute atomic E-state index is 14.3. The Kier molecular flexibility index (Phi) is 6.43. The molecule has 1 saturated carbocycles. The summed E-state index contributed by atoms with van der Waals surface area (Å²) in [6.45, 7) is 6.28. The standard InChI is InChI=1S/C31H30FN7O/c1-30(2,18-33)23-14-20(6-8-24(23)32)29(40)35-17-22-15-27-21(16-34-22)7-9-26(37-27)25-4-3-5-28(38-25)39-13-12-36-31(19-39)10-11-31/h3-9,14-16,36H,10-13,17,19H2,1-2H3,(H,35,40). The van der Waals surface area contributed by atoms with E-state index < -0.39 is 11.2 Å². The molecule has 202 valence electrons. The van der Waals surface area contributed by atoms with Crippen LogP contribution in [0.15, 0.2) is 60.8 Å². The predicted octanol–water partition coefficient (Wildman–Crippen LogP) is 4.50. The first-order chi connectivity index (χ1) is 19.2. The minimum Gasteiger partial charge on any atom is -0.353 e. The molecule has 2 aliphatic rings. The quantitative estimate of drug-likeness (QED) is 0.374. The molecule has 4 aromatic rings. The second-order valence-electron chi connectivity index (χ2n) is 11.2. The monoisotopic (exact) mass is 535 g/mol. The summed E-state index contributed by atoms with van der Waals surface area (Å²) in [6.07, 6.45) is 4.17. The second-order valence-corrected chi connectivity index (χ2v) is 11.2. The summed E-state index contributed by atoms with van der Waals surface area (Å²) in [7, 11) is 0. The molecule has 1 saturated heterocycles. The molecule has 1 aliphatic carbocycles. The van der Waals surface area contributed by atoms with Crippen molar-refractivity contribution in [3.63, 3.8) is 0 Å². The summed E-state index contributed by atoms with van der Waals surface area (Å²) >= 11 is 0. The Morgan fingerprint density at radius 3 is 2.77 bits per heavy atom. The van der Waals surface area contributed by atoms with Crippen LogP contribution in [0.1, 0.15) is 48.3 Å². The topological polar surface area (TPSA) is 107 Å². The van der Waals surface area contributed by atoms with Gasteiger partial charge in [0.2, 0.25) is 0 Å². The predicted molar refractivity (Wildman–Crippen MR) is 151 cm³/mol. The number of carbonyl (C=O) groups is 1. The Bertz CT molecular complexity index is 1660. The number of piperazine rings is 1. The fourth-order valence-corrected chi connectivity index (χ4v) is 5.16. The Hall–Kier alpha value is -4.42. The zero-order valence-electron chi connectivity index (χ0n) is 22.5. The average molecular weight is 536 g/mol. The van der Waals surface area contributed by atoms with E-state index in [4.69, 9.17) is 9.97 Å². The van der Waals surface area contributed by atoms with Crippen molar-refractivity contribution in [2.24, 2.45) is 0 Å². The molecule has 0 atom stereocenters. The van der Waals surface area contributed by atoms with Crippen LogP contribution in [0, 0.1) is 17.1 Å². The lowest BCUT2D eigenvalue weighted by Crippen LogP contribution is -2.52. The number of aromatic nitrogens is 3. The van der Waals surface area contributed by atoms with Crippen LogP contribution in [0.25, 0.3) is 22.3 Å². The molecule has 2 N–H and O–H groups in total. The van der Waals surface area contributed by atoms with Crippen molar-refractivity contribution in [2.45, 2.75) is 44.2 Å². The number of benzene rings is 1. The van der Waals surface area contributed by atoms with Crippen LogP contribution in [0.2, 0.25) is 0 Å².